The molecule has 28 heavy (non-hydrogen) atoms. The van der Waals surface area contributed by atoms with Gasteiger partial charge < -0.3 is 23.7 Å². The molecule has 1 heterocycles. The number of carbonyl (C=O) groups excluding carboxylic acids is 1. The van der Waals surface area contributed by atoms with Gasteiger partial charge in [-0.05, 0) is 42.5 Å². The van der Waals surface area contributed by atoms with Crippen molar-refractivity contribution >= 4 is 5.78 Å². The van der Waals surface area contributed by atoms with Gasteiger partial charge in [0, 0.05) is 6.08 Å². The van der Waals surface area contributed by atoms with Crippen LogP contribution in [0.2, 0.25) is 0 Å². The summed E-state index contributed by atoms with van der Waals surface area (Å²) >= 11 is 0. The number of fused-ring (bicyclic) bond motifs is 1. The third-order valence-electron chi connectivity index (χ3n) is 5.41. The second-order valence-corrected chi connectivity index (χ2v) is 6.96. The number of hydrogen-bond donors (Lipinski definition) is 0. The minimum atomic E-state index is -0.741. The van der Waals surface area contributed by atoms with Gasteiger partial charge in [-0.25, -0.2) is 0 Å². The molecule has 1 saturated heterocycles. The van der Waals surface area contributed by atoms with E-state index in [4.69, 9.17) is 23.7 Å². The molecule has 0 bridgehead atoms. The van der Waals surface area contributed by atoms with E-state index in [9.17, 15) is 4.79 Å². The summed E-state index contributed by atoms with van der Waals surface area (Å²) < 4.78 is 27.2. The minimum Gasteiger partial charge on any atom is -0.493 e. The van der Waals surface area contributed by atoms with Crippen molar-refractivity contribution in [3.05, 3.63) is 54.0 Å². The van der Waals surface area contributed by atoms with Crippen LogP contribution < -0.4 is 14.2 Å². The van der Waals surface area contributed by atoms with E-state index in [0.717, 1.165) is 5.56 Å². The molecule has 2 atom stereocenters. The summed E-state index contributed by atoms with van der Waals surface area (Å²) in [7, 11) is 4.74. The fraction of sp³-hybridized carbons (Fsp3) is 0.409. The molecule has 2 unspecified atom stereocenters. The molecule has 0 amide bonds. The lowest BCUT2D eigenvalue weighted by Gasteiger charge is -2.35. The van der Waals surface area contributed by atoms with Crippen LogP contribution in [0.4, 0.5) is 0 Å². The van der Waals surface area contributed by atoms with E-state index in [1.165, 1.54) is 6.08 Å². The first-order valence-corrected chi connectivity index (χ1v) is 9.13. The first-order valence-electron chi connectivity index (χ1n) is 9.13. The summed E-state index contributed by atoms with van der Waals surface area (Å²) in [6, 6.07) is 3.83. The number of methoxy groups -OCH3 is 3. The highest BCUT2D eigenvalue weighted by Gasteiger charge is 2.44. The average Bonchev–Trinajstić information content (AvgIpc) is 3.14. The van der Waals surface area contributed by atoms with Gasteiger partial charge in [0.15, 0.2) is 28.8 Å². The van der Waals surface area contributed by atoms with Crippen LogP contribution in [-0.4, -0.2) is 33.9 Å². The summed E-state index contributed by atoms with van der Waals surface area (Å²) in [5, 5.41) is 0. The summed E-state index contributed by atoms with van der Waals surface area (Å²) in [6.45, 7) is 6.04. The second kappa shape index (κ2) is 8.00. The lowest BCUT2D eigenvalue weighted by atomic mass is 9.66. The standard InChI is InChI=1S/C22H26O6/c1-6-7-22(12-19-16(11-20(22)23)27-13-28-19)14(2)8-15-9-17(24-3)21(26-5)18(10-15)25-4/h6,9-12,14H,1,7-8,13H2,2-5H3. The maximum absolute atomic E-state index is 13.1. The van der Waals surface area contributed by atoms with Crippen LogP contribution in [0.3, 0.4) is 0 Å². The Labute approximate surface area is 165 Å². The average molecular weight is 386 g/mol. The Morgan fingerprint density at radius 1 is 1.14 bits per heavy atom. The summed E-state index contributed by atoms with van der Waals surface area (Å²) in [6.07, 6.45) is 6.34. The maximum Gasteiger partial charge on any atom is 0.231 e. The molecule has 6 nitrogen and oxygen atoms in total. The summed E-state index contributed by atoms with van der Waals surface area (Å²) in [5.74, 6) is 2.81. The van der Waals surface area contributed by atoms with Crippen molar-refractivity contribution in [2.45, 2.75) is 19.8 Å². The normalized spacial score (nSPS) is 21.5. The van der Waals surface area contributed by atoms with E-state index in [0.29, 0.717) is 41.6 Å². The lowest BCUT2D eigenvalue weighted by Crippen LogP contribution is -2.38. The van der Waals surface area contributed by atoms with Crippen LogP contribution >= 0.6 is 0 Å². The van der Waals surface area contributed by atoms with E-state index in [1.807, 2.05) is 18.2 Å². The van der Waals surface area contributed by atoms with Crippen LogP contribution in [0.15, 0.2) is 48.5 Å². The first-order chi connectivity index (χ1) is 13.5. The molecule has 1 fully saturated rings. The molecule has 1 aliphatic carbocycles. The molecule has 1 aromatic carbocycles. The third-order valence-corrected chi connectivity index (χ3v) is 5.41. The number of benzene rings is 1. The van der Waals surface area contributed by atoms with Crippen molar-refractivity contribution in [3.63, 3.8) is 0 Å². The van der Waals surface area contributed by atoms with Crippen LogP contribution in [-0.2, 0) is 20.7 Å². The number of carbonyl (C=O) groups is 1. The molecule has 1 aromatic rings. The molecule has 0 saturated carbocycles. The molecule has 0 aromatic heterocycles. The Balaban J connectivity index is 1.96. The molecule has 6 heteroatoms. The van der Waals surface area contributed by atoms with E-state index < -0.39 is 5.41 Å². The number of rotatable bonds is 8. The zero-order valence-electron chi connectivity index (χ0n) is 16.7. The van der Waals surface area contributed by atoms with Gasteiger partial charge in [-0.15, -0.1) is 6.58 Å². The topological polar surface area (TPSA) is 63.2 Å². The predicted molar refractivity (Wildman–Crippen MR) is 104 cm³/mol. The van der Waals surface area contributed by atoms with E-state index in [1.54, 1.807) is 27.4 Å². The molecular formula is C22H26O6. The van der Waals surface area contributed by atoms with Gasteiger partial charge in [0.05, 0.1) is 26.7 Å². The lowest BCUT2D eigenvalue weighted by molar-refractivity contribution is -0.124. The highest BCUT2D eigenvalue weighted by atomic mass is 16.7. The maximum atomic E-state index is 13.1. The fourth-order valence-electron chi connectivity index (χ4n) is 3.86. The molecule has 3 rings (SSSR count). The molecule has 0 radical (unpaired) electrons. The van der Waals surface area contributed by atoms with Gasteiger partial charge >= 0.3 is 0 Å². The summed E-state index contributed by atoms with van der Waals surface area (Å²) in [5.41, 5.74) is 0.240. The van der Waals surface area contributed by atoms with Crippen molar-refractivity contribution in [3.8, 4) is 17.2 Å². The number of ether oxygens (including phenoxy) is 5. The Kier molecular flexibility index (Phi) is 5.68. The monoisotopic (exact) mass is 386 g/mol. The van der Waals surface area contributed by atoms with Crippen molar-refractivity contribution < 1.29 is 28.5 Å². The van der Waals surface area contributed by atoms with Crippen LogP contribution in [0.1, 0.15) is 18.9 Å². The van der Waals surface area contributed by atoms with Crippen molar-refractivity contribution in [2.24, 2.45) is 11.3 Å². The number of allylic oxidation sites excluding steroid dienone is 3. The van der Waals surface area contributed by atoms with Gasteiger partial charge in [-0.2, -0.15) is 0 Å². The van der Waals surface area contributed by atoms with Gasteiger partial charge in [0.25, 0.3) is 0 Å². The molecular weight excluding hydrogens is 360 g/mol. The quantitative estimate of drug-likeness (QED) is 0.633. The molecule has 0 spiro atoms. The molecule has 0 N–H and O–H groups in total. The zero-order valence-corrected chi connectivity index (χ0v) is 16.7. The van der Waals surface area contributed by atoms with Crippen LogP contribution in [0.5, 0.6) is 17.2 Å². The van der Waals surface area contributed by atoms with Gasteiger partial charge in [0.2, 0.25) is 12.5 Å². The highest BCUT2D eigenvalue weighted by Crippen LogP contribution is 2.45. The first kappa shape index (κ1) is 19.9. The van der Waals surface area contributed by atoms with Crippen molar-refractivity contribution in [1.29, 1.82) is 0 Å². The molecule has 1 aliphatic heterocycles. The van der Waals surface area contributed by atoms with Gasteiger partial charge in [0.1, 0.15) is 0 Å². The van der Waals surface area contributed by atoms with E-state index in [2.05, 4.69) is 13.5 Å². The van der Waals surface area contributed by atoms with Crippen LogP contribution in [0, 0.1) is 11.3 Å². The zero-order chi connectivity index (χ0) is 20.3. The van der Waals surface area contributed by atoms with Crippen LogP contribution in [0.25, 0.3) is 0 Å². The molecule has 150 valence electrons. The molecule has 2 aliphatic rings. The van der Waals surface area contributed by atoms with Gasteiger partial charge in [-0.3, -0.25) is 4.79 Å². The Hall–Kier alpha value is -2.89. The predicted octanol–water partition coefficient (Wildman–Crippen LogP) is 3.81. The fourth-order valence-corrected chi connectivity index (χ4v) is 3.86. The van der Waals surface area contributed by atoms with Gasteiger partial charge in [-0.1, -0.05) is 13.0 Å². The Morgan fingerprint density at radius 3 is 2.36 bits per heavy atom. The summed E-state index contributed by atoms with van der Waals surface area (Å²) in [4.78, 5) is 13.1. The smallest absolute Gasteiger partial charge is 0.231 e. The number of ketones is 1. The van der Waals surface area contributed by atoms with Crippen molar-refractivity contribution in [1.82, 2.24) is 0 Å². The Morgan fingerprint density at radius 2 is 1.79 bits per heavy atom. The highest BCUT2D eigenvalue weighted by molar-refractivity contribution is 5.99. The minimum absolute atomic E-state index is 0.00316. The van der Waals surface area contributed by atoms with Crippen molar-refractivity contribution in [2.75, 3.05) is 28.1 Å². The Bertz CT molecular complexity index is 812. The SMILES string of the molecule is C=CCC1(C(C)Cc2cc(OC)c(OC)c(OC)c2)C=C2OCOC2=CC1=O. The second-order valence-electron chi connectivity index (χ2n) is 6.96. The third kappa shape index (κ3) is 3.35. The number of hydrogen-bond acceptors (Lipinski definition) is 6. The van der Waals surface area contributed by atoms with E-state index >= 15 is 0 Å². The largest absolute Gasteiger partial charge is 0.493 e. The van der Waals surface area contributed by atoms with E-state index in [-0.39, 0.29) is 18.5 Å².